The molecule has 2 rings (SSSR count). The van der Waals surface area contributed by atoms with E-state index in [9.17, 15) is 13.2 Å². The van der Waals surface area contributed by atoms with Gasteiger partial charge in [-0.3, -0.25) is 0 Å². The van der Waals surface area contributed by atoms with E-state index in [-0.39, 0.29) is 17.2 Å². The van der Waals surface area contributed by atoms with E-state index in [0.29, 0.717) is 5.56 Å². The summed E-state index contributed by atoms with van der Waals surface area (Å²) in [5.74, 6) is -0.161. The van der Waals surface area contributed by atoms with Gasteiger partial charge in [-0.15, -0.1) is 0 Å². The first-order valence-electron chi connectivity index (χ1n) is 5.57. The standard InChI is InChI=1S/C13H12F3N3/c1-7-4-3-5-9(6-7)10-11(13(14,15)16)18-8(2)19-12(10)17/h3-6H,1-2H3,(H2,17,18,19). The van der Waals surface area contributed by atoms with Gasteiger partial charge in [-0.2, -0.15) is 13.2 Å². The van der Waals surface area contributed by atoms with Crippen LogP contribution < -0.4 is 5.73 Å². The summed E-state index contributed by atoms with van der Waals surface area (Å²) < 4.78 is 39.1. The van der Waals surface area contributed by atoms with Crippen molar-refractivity contribution in [3.63, 3.8) is 0 Å². The summed E-state index contributed by atoms with van der Waals surface area (Å²) in [4.78, 5) is 7.32. The molecule has 1 heterocycles. The Morgan fingerprint density at radius 3 is 2.37 bits per heavy atom. The lowest BCUT2D eigenvalue weighted by atomic mass is 10.0. The number of alkyl halides is 3. The Morgan fingerprint density at radius 1 is 1.11 bits per heavy atom. The molecule has 0 saturated heterocycles. The highest BCUT2D eigenvalue weighted by atomic mass is 19.4. The van der Waals surface area contributed by atoms with Crippen molar-refractivity contribution in [2.24, 2.45) is 0 Å². The molecule has 0 bridgehead atoms. The molecule has 2 aromatic rings. The zero-order valence-corrected chi connectivity index (χ0v) is 10.4. The van der Waals surface area contributed by atoms with E-state index in [0.717, 1.165) is 5.56 Å². The summed E-state index contributed by atoms with van der Waals surface area (Å²) >= 11 is 0. The first-order valence-corrected chi connectivity index (χ1v) is 5.57. The van der Waals surface area contributed by atoms with Gasteiger partial charge in [-0.05, 0) is 19.4 Å². The smallest absolute Gasteiger partial charge is 0.383 e. The maximum absolute atomic E-state index is 13.0. The predicted octanol–water partition coefficient (Wildman–Crippen LogP) is 3.36. The van der Waals surface area contributed by atoms with Gasteiger partial charge in [0.1, 0.15) is 11.6 Å². The molecule has 6 heteroatoms. The van der Waals surface area contributed by atoms with Crippen LogP contribution in [-0.2, 0) is 6.18 Å². The summed E-state index contributed by atoms with van der Waals surface area (Å²) in [7, 11) is 0. The first-order chi connectivity index (χ1) is 8.79. The molecule has 1 aromatic heterocycles. The molecule has 0 aliphatic carbocycles. The van der Waals surface area contributed by atoms with Crippen LogP contribution in [0.3, 0.4) is 0 Å². The zero-order valence-electron chi connectivity index (χ0n) is 10.4. The first kappa shape index (κ1) is 13.3. The van der Waals surface area contributed by atoms with Crippen LogP contribution in [0.15, 0.2) is 24.3 Å². The second-order valence-corrected chi connectivity index (χ2v) is 4.25. The number of halogens is 3. The number of nitrogens with two attached hydrogens (primary N) is 1. The molecule has 0 saturated carbocycles. The normalized spacial score (nSPS) is 11.6. The Hall–Kier alpha value is -2.11. The van der Waals surface area contributed by atoms with Gasteiger partial charge in [0.25, 0.3) is 0 Å². The van der Waals surface area contributed by atoms with Gasteiger partial charge >= 0.3 is 6.18 Å². The number of aromatic nitrogens is 2. The average Bonchev–Trinajstić information content (AvgIpc) is 2.26. The van der Waals surface area contributed by atoms with Crippen molar-refractivity contribution >= 4 is 5.82 Å². The van der Waals surface area contributed by atoms with Crippen LogP contribution in [0, 0.1) is 13.8 Å². The number of benzene rings is 1. The highest BCUT2D eigenvalue weighted by Gasteiger charge is 2.37. The summed E-state index contributed by atoms with van der Waals surface area (Å²) in [6.45, 7) is 3.17. The number of hydrogen-bond acceptors (Lipinski definition) is 3. The minimum Gasteiger partial charge on any atom is -0.383 e. The molecule has 0 radical (unpaired) electrons. The van der Waals surface area contributed by atoms with Gasteiger partial charge in [0, 0.05) is 0 Å². The van der Waals surface area contributed by atoms with Crippen molar-refractivity contribution in [2.45, 2.75) is 20.0 Å². The zero-order chi connectivity index (χ0) is 14.2. The van der Waals surface area contributed by atoms with E-state index in [1.54, 1.807) is 31.2 Å². The van der Waals surface area contributed by atoms with Crippen molar-refractivity contribution < 1.29 is 13.2 Å². The Kier molecular flexibility index (Phi) is 3.18. The summed E-state index contributed by atoms with van der Waals surface area (Å²) in [6, 6.07) is 6.65. The SMILES string of the molecule is Cc1cccc(-c2c(N)nc(C)nc2C(F)(F)F)c1. The third-order valence-electron chi connectivity index (χ3n) is 2.62. The lowest BCUT2D eigenvalue weighted by Crippen LogP contribution is -2.14. The van der Waals surface area contributed by atoms with Gasteiger partial charge in [-0.25, -0.2) is 9.97 Å². The molecule has 19 heavy (non-hydrogen) atoms. The van der Waals surface area contributed by atoms with Crippen LogP contribution in [0.5, 0.6) is 0 Å². The van der Waals surface area contributed by atoms with Gasteiger partial charge in [-0.1, -0.05) is 29.8 Å². The molecule has 1 aromatic carbocycles. The molecular weight excluding hydrogens is 255 g/mol. The highest BCUT2D eigenvalue weighted by Crippen LogP contribution is 2.38. The number of hydrogen-bond donors (Lipinski definition) is 1. The molecule has 0 fully saturated rings. The Morgan fingerprint density at radius 2 is 1.79 bits per heavy atom. The van der Waals surface area contributed by atoms with Crippen molar-refractivity contribution in [3.8, 4) is 11.1 Å². The van der Waals surface area contributed by atoms with Crippen LogP contribution in [0.4, 0.5) is 19.0 Å². The van der Waals surface area contributed by atoms with E-state index >= 15 is 0 Å². The molecular formula is C13H12F3N3. The average molecular weight is 267 g/mol. The van der Waals surface area contributed by atoms with E-state index in [1.807, 2.05) is 0 Å². The minimum atomic E-state index is -4.57. The lowest BCUT2D eigenvalue weighted by molar-refractivity contribution is -0.140. The Labute approximate surface area is 108 Å². The van der Waals surface area contributed by atoms with E-state index < -0.39 is 11.9 Å². The highest BCUT2D eigenvalue weighted by molar-refractivity contribution is 5.76. The third kappa shape index (κ3) is 2.67. The Bertz CT molecular complexity index is 621. The number of nitrogens with zero attached hydrogens (tertiary/aromatic N) is 2. The van der Waals surface area contributed by atoms with Gasteiger partial charge in [0.15, 0.2) is 5.69 Å². The van der Waals surface area contributed by atoms with Gasteiger partial charge < -0.3 is 5.73 Å². The number of nitrogen functional groups attached to an aromatic ring is 1. The fourth-order valence-corrected chi connectivity index (χ4v) is 1.88. The molecule has 100 valence electrons. The minimum absolute atomic E-state index is 0.00114. The van der Waals surface area contributed by atoms with Crippen molar-refractivity contribution in [1.82, 2.24) is 9.97 Å². The molecule has 0 amide bonds. The van der Waals surface area contributed by atoms with Crippen LogP contribution in [-0.4, -0.2) is 9.97 Å². The van der Waals surface area contributed by atoms with E-state index in [4.69, 9.17) is 5.73 Å². The van der Waals surface area contributed by atoms with Crippen molar-refractivity contribution in [2.75, 3.05) is 5.73 Å². The second kappa shape index (κ2) is 4.53. The van der Waals surface area contributed by atoms with Crippen LogP contribution in [0.2, 0.25) is 0 Å². The quantitative estimate of drug-likeness (QED) is 0.861. The summed E-state index contributed by atoms with van der Waals surface area (Å²) in [6.07, 6.45) is -4.57. The molecule has 0 aliphatic rings. The van der Waals surface area contributed by atoms with E-state index in [2.05, 4.69) is 9.97 Å². The molecule has 0 spiro atoms. The third-order valence-corrected chi connectivity index (χ3v) is 2.62. The number of aryl methyl sites for hydroxylation is 2. The summed E-state index contributed by atoms with van der Waals surface area (Å²) in [5, 5.41) is 0. The topological polar surface area (TPSA) is 51.8 Å². The number of anilines is 1. The fourth-order valence-electron chi connectivity index (χ4n) is 1.88. The molecule has 3 nitrogen and oxygen atoms in total. The fraction of sp³-hybridized carbons (Fsp3) is 0.231. The maximum Gasteiger partial charge on any atom is 0.434 e. The van der Waals surface area contributed by atoms with Gasteiger partial charge in [0.2, 0.25) is 0 Å². The Balaban J connectivity index is 2.75. The monoisotopic (exact) mass is 267 g/mol. The number of rotatable bonds is 1. The largest absolute Gasteiger partial charge is 0.434 e. The molecule has 2 N–H and O–H groups in total. The summed E-state index contributed by atoms with van der Waals surface area (Å²) in [5.41, 5.74) is 5.69. The molecule has 0 aliphatic heterocycles. The van der Waals surface area contributed by atoms with Gasteiger partial charge in [0.05, 0.1) is 5.56 Å². The van der Waals surface area contributed by atoms with Crippen LogP contribution in [0.25, 0.3) is 11.1 Å². The van der Waals surface area contributed by atoms with Crippen molar-refractivity contribution in [1.29, 1.82) is 0 Å². The second-order valence-electron chi connectivity index (χ2n) is 4.25. The lowest BCUT2D eigenvalue weighted by Gasteiger charge is -2.14. The van der Waals surface area contributed by atoms with Crippen LogP contribution >= 0.6 is 0 Å². The maximum atomic E-state index is 13.0. The van der Waals surface area contributed by atoms with Crippen molar-refractivity contribution in [3.05, 3.63) is 41.3 Å². The van der Waals surface area contributed by atoms with Crippen LogP contribution in [0.1, 0.15) is 17.1 Å². The molecule has 0 atom stereocenters. The van der Waals surface area contributed by atoms with E-state index in [1.165, 1.54) is 6.92 Å². The predicted molar refractivity (Wildman–Crippen MR) is 66.4 cm³/mol. The molecule has 0 unspecified atom stereocenters.